The average molecular weight is 252 g/mol. The van der Waals surface area contributed by atoms with Gasteiger partial charge in [0.2, 0.25) is 0 Å². The molecule has 0 fully saturated rings. The van der Waals surface area contributed by atoms with Crippen LogP contribution in [0.15, 0.2) is 40.3 Å². The molecule has 3 rings (SSSR count). The Labute approximate surface area is 112 Å². The second kappa shape index (κ2) is 4.46. The summed E-state index contributed by atoms with van der Waals surface area (Å²) in [5.41, 5.74) is 4.96. The van der Waals surface area contributed by atoms with E-state index in [0.717, 1.165) is 40.7 Å². The normalized spacial score (nSPS) is 14.5. The van der Waals surface area contributed by atoms with Gasteiger partial charge in [0.05, 0.1) is 11.4 Å². The van der Waals surface area contributed by atoms with E-state index >= 15 is 0 Å². The second-order valence-corrected chi connectivity index (χ2v) is 4.88. The van der Waals surface area contributed by atoms with Crippen molar-refractivity contribution in [2.75, 3.05) is 0 Å². The van der Waals surface area contributed by atoms with Crippen molar-refractivity contribution in [3.05, 3.63) is 36.0 Å². The maximum atomic E-state index is 4.69. The first kappa shape index (κ1) is 11.8. The standard InChI is InChI=1S/C15H16N4/c1-10-9-11(2)17-15-14(16-10)12(3)18-19(15)13-7-5-4-6-8-13/h4-8H,9H2,1-3H3. The number of hydrogen-bond acceptors (Lipinski definition) is 3. The molecule has 0 spiro atoms. The van der Waals surface area contributed by atoms with E-state index in [0.29, 0.717) is 0 Å². The lowest BCUT2D eigenvalue weighted by Gasteiger charge is -2.04. The molecule has 2 heterocycles. The minimum atomic E-state index is 0.822. The molecule has 1 aromatic carbocycles. The van der Waals surface area contributed by atoms with Crippen LogP contribution in [-0.4, -0.2) is 21.2 Å². The van der Waals surface area contributed by atoms with Gasteiger partial charge in [0.1, 0.15) is 5.69 Å². The molecule has 0 saturated carbocycles. The first-order valence-corrected chi connectivity index (χ1v) is 6.38. The minimum absolute atomic E-state index is 0.822. The Morgan fingerprint density at radius 1 is 0.947 bits per heavy atom. The maximum Gasteiger partial charge on any atom is 0.181 e. The number of fused-ring (bicyclic) bond motifs is 1. The summed E-state index contributed by atoms with van der Waals surface area (Å²) in [7, 11) is 0. The third-order valence-electron chi connectivity index (χ3n) is 3.12. The van der Waals surface area contributed by atoms with Crippen molar-refractivity contribution in [3.63, 3.8) is 0 Å². The van der Waals surface area contributed by atoms with E-state index in [2.05, 4.69) is 15.1 Å². The smallest absolute Gasteiger partial charge is 0.181 e. The van der Waals surface area contributed by atoms with Gasteiger partial charge in [-0.25, -0.2) is 9.67 Å². The Balaban J connectivity index is 2.26. The van der Waals surface area contributed by atoms with Crippen molar-refractivity contribution < 1.29 is 0 Å². The Bertz CT molecular complexity index is 678. The molecule has 0 aliphatic carbocycles. The van der Waals surface area contributed by atoms with Gasteiger partial charge < -0.3 is 0 Å². The van der Waals surface area contributed by atoms with E-state index in [9.17, 15) is 0 Å². The summed E-state index contributed by atoms with van der Waals surface area (Å²) < 4.78 is 1.87. The average Bonchev–Trinajstić information content (AvgIpc) is 2.59. The summed E-state index contributed by atoms with van der Waals surface area (Å²) in [5.74, 6) is 0.832. The molecule has 1 aromatic heterocycles. The molecule has 0 unspecified atom stereocenters. The van der Waals surface area contributed by atoms with Crippen LogP contribution in [0, 0.1) is 6.92 Å². The van der Waals surface area contributed by atoms with Gasteiger partial charge in [-0.1, -0.05) is 18.2 Å². The summed E-state index contributed by atoms with van der Waals surface area (Å²) in [6.07, 6.45) is 0.822. The van der Waals surface area contributed by atoms with Gasteiger partial charge >= 0.3 is 0 Å². The second-order valence-electron chi connectivity index (χ2n) is 4.88. The zero-order valence-corrected chi connectivity index (χ0v) is 11.4. The van der Waals surface area contributed by atoms with E-state index in [1.165, 1.54) is 0 Å². The quantitative estimate of drug-likeness (QED) is 0.761. The van der Waals surface area contributed by atoms with E-state index < -0.39 is 0 Å². The minimum Gasteiger partial charge on any atom is -0.252 e. The summed E-state index contributed by atoms with van der Waals surface area (Å²) >= 11 is 0. The number of aryl methyl sites for hydroxylation is 1. The molecule has 4 nitrogen and oxygen atoms in total. The first-order valence-electron chi connectivity index (χ1n) is 6.38. The molecular weight excluding hydrogens is 236 g/mol. The SMILES string of the molecule is CC1=Nc2c(C)nn(-c3ccccc3)c2N=C(C)C1. The molecule has 96 valence electrons. The first-order chi connectivity index (χ1) is 9.15. The van der Waals surface area contributed by atoms with Crippen molar-refractivity contribution >= 4 is 22.9 Å². The van der Waals surface area contributed by atoms with Gasteiger partial charge in [-0.05, 0) is 32.9 Å². The highest BCUT2D eigenvalue weighted by Gasteiger charge is 2.18. The molecule has 0 amide bonds. The van der Waals surface area contributed by atoms with Gasteiger partial charge in [0, 0.05) is 17.8 Å². The van der Waals surface area contributed by atoms with Gasteiger partial charge in [0.15, 0.2) is 5.82 Å². The molecule has 1 aliphatic rings. The molecule has 19 heavy (non-hydrogen) atoms. The van der Waals surface area contributed by atoms with E-state index in [-0.39, 0.29) is 0 Å². The van der Waals surface area contributed by atoms with Crippen LogP contribution in [0.4, 0.5) is 11.5 Å². The fourth-order valence-corrected chi connectivity index (χ4v) is 2.31. The molecule has 0 radical (unpaired) electrons. The Morgan fingerprint density at radius 2 is 1.63 bits per heavy atom. The fourth-order valence-electron chi connectivity index (χ4n) is 2.31. The van der Waals surface area contributed by atoms with Gasteiger partial charge in [-0.3, -0.25) is 4.99 Å². The summed E-state index contributed by atoms with van der Waals surface area (Å²) in [6.45, 7) is 6.05. The summed E-state index contributed by atoms with van der Waals surface area (Å²) in [6, 6.07) is 10.1. The summed E-state index contributed by atoms with van der Waals surface area (Å²) in [5, 5.41) is 4.58. The predicted molar refractivity (Wildman–Crippen MR) is 78.5 cm³/mol. The van der Waals surface area contributed by atoms with Crippen molar-refractivity contribution in [3.8, 4) is 5.69 Å². The monoisotopic (exact) mass is 252 g/mol. The van der Waals surface area contributed by atoms with Gasteiger partial charge in [-0.15, -0.1) is 0 Å². The Morgan fingerprint density at radius 3 is 2.37 bits per heavy atom. The van der Waals surface area contributed by atoms with Crippen LogP contribution < -0.4 is 0 Å². The van der Waals surface area contributed by atoms with Crippen LogP contribution in [-0.2, 0) is 0 Å². The van der Waals surface area contributed by atoms with Crippen molar-refractivity contribution in [2.45, 2.75) is 27.2 Å². The van der Waals surface area contributed by atoms with Crippen molar-refractivity contribution in [2.24, 2.45) is 9.98 Å². The molecular formula is C15H16N4. The Kier molecular flexibility index (Phi) is 2.78. The number of para-hydroxylation sites is 1. The highest BCUT2D eigenvalue weighted by atomic mass is 15.3. The van der Waals surface area contributed by atoms with Crippen LogP contribution in [0.1, 0.15) is 26.0 Å². The number of rotatable bonds is 1. The number of hydrogen-bond donors (Lipinski definition) is 0. The number of benzene rings is 1. The fraction of sp³-hybridized carbons (Fsp3) is 0.267. The topological polar surface area (TPSA) is 42.5 Å². The van der Waals surface area contributed by atoms with E-state index in [1.54, 1.807) is 0 Å². The molecule has 0 saturated heterocycles. The molecule has 2 aromatic rings. The predicted octanol–water partition coefficient (Wildman–Crippen LogP) is 3.77. The van der Waals surface area contributed by atoms with Crippen LogP contribution >= 0.6 is 0 Å². The van der Waals surface area contributed by atoms with Crippen LogP contribution in [0.2, 0.25) is 0 Å². The molecule has 0 bridgehead atoms. The lowest BCUT2D eigenvalue weighted by atomic mass is 10.2. The molecule has 0 N–H and O–H groups in total. The molecule has 4 heteroatoms. The number of nitrogens with zero attached hydrogens (tertiary/aromatic N) is 4. The molecule has 0 atom stereocenters. The van der Waals surface area contributed by atoms with Gasteiger partial charge in [-0.2, -0.15) is 5.10 Å². The molecule has 1 aliphatic heterocycles. The Hall–Kier alpha value is -2.23. The number of aliphatic imine (C=N–C) groups is 2. The van der Waals surface area contributed by atoms with E-state index in [1.807, 2.05) is 55.8 Å². The van der Waals surface area contributed by atoms with Crippen LogP contribution in [0.5, 0.6) is 0 Å². The van der Waals surface area contributed by atoms with Crippen LogP contribution in [0.25, 0.3) is 5.69 Å². The lowest BCUT2D eigenvalue weighted by Crippen LogP contribution is -2.00. The third-order valence-corrected chi connectivity index (χ3v) is 3.12. The zero-order valence-electron chi connectivity index (χ0n) is 11.4. The van der Waals surface area contributed by atoms with Crippen LogP contribution in [0.3, 0.4) is 0 Å². The van der Waals surface area contributed by atoms with Gasteiger partial charge in [0.25, 0.3) is 0 Å². The maximum absolute atomic E-state index is 4.69. The highest BCUT2D eigenvalue weighted by molar-refractivity contribution is 6.06. The zero-order chi connectivity index (χ0) is 13.4. The lowest BCUT2D eigenvalue weighted by molar-refractivity contribution is 0.862. The highest BCUT2D eigenvalue weighted by Crippen LogP contribution is 2.35. The third kappa shape index (κ3) is 2.10. The van der Waals surface area contributed by atoms with E-state index in [4.69, 9.17) is 0 Å². The number of aromatic nitrogens is 2. The van der Waals surface area contributed by atoms with Crippen molar-refractivity contribution in [1.29, 1.82) is 0 Å². The van der Waals surface area contributed by atoms with Crippen molar-refractivity contribution in [1.82, 2.24) is 9.78 Å². The largest absolute Gasteiger partial charge is 0.252 e. The summed E-state index contributed by atoms with van der Waals surface area (Å²) in [4.78, 5) is 9.34.